The first-order chi connectivity index (χ1) is 10.1. The van der Waals surface area contributed by atoms with Crippen LogP contribution >= 0.6 is 11.6 Å². The van der Waals surface area contributed by atoms with Crippen LogP contribution in [0.3, 0.4) is 0 Å². The zero-order chi connectivity index (χ0) is 15.0. The lowest BCUT2D eigenvalue weighted by molar-refractivity contribution is 0.419. The highest BCUT2D eigenvalue weighted by Gasteiger charge is 2.18. The van der Waals surface area contributed by atoms with Crippen LogP contribution in [-0.4, -0.2) is 26.2 Å². The van der Waals surface area contributed by atoms with Crippen LogP contribution in [0.25, 0.3) is 11.0 Å². The lowest BCUT2D eigenvalue weighted by atomic mass is 10.3. The van der Waals surface area contributed by atoms with Gasteiger partial charge in [-0.05, 0) is 19.1 Å². The number of benzene rings is 1. The quantitative estimate of drug-likeness (QED) is 0.696. The van der Waals surface area contributed by atoms with Gasteiger partial charge in [-0.1, -0.05) is 6.07 Å². The van der Waals surface area contributed by atoms with E-state index in [9.17, 15) is 0 Å². The van der Waals surface area contributed by atoms with Crippen LogP contribution in [0.5, 0.6) is 5.75 Å². The summed E-state index contributed by atoms with van der Waals surface area (Å²) >= 11 is 6.30. The van der Waals surface area contributed by atoms with E-state index in [1.54, 1.807) is 13.3 Å². The molecule has 3 rings (SSSR count). The number of halogens is 1. The number of ether oxygens (including phenoxy) is 1. The predicted molar refractivity (Wildman–Crippen MR) is 82.9 cm³/mol. The topological polar surface area (TPSA) is 44.9 Å². The Morgan fingerprint density at radius 2 is 2.19 bits per heavy atom. The molecule has 0 saturated carbocycles. The van der Waals surface area contributed by atoms with Crippen LogP contribution in [0.4, 0.5) is 0 Å². The van der Waals surface area contributed by atoms with Gasteiger partial charge in [-0.2, -0.15) is 0 Å². The summed E-state index contributed by atoms with van der Waals surface area (Å²) in [6, 6.07) is 5.89. The number of para-hydroxylation sites is 1. The normalized spacial score (nSPS) is 12.8. The molecule has 0 aliphatic rings. The molecule has 0 fully saturated rings. The third kappa shape index (κ3) is 2.38. The summed E-state index contributed by atoms with van der Waals surface area (Å²) in [6.07, 6.45) is 3.72. The molecule has 6 heteroatoms. The molecule has 0 saturated heterocycles. The van der Waals surface area contributed by atoms with Gasteiger partial charge in [0.2, 0.25) is 0 Å². The molecule has 0 spiro atoms. The minimum atomic E-state index is -0.192. The van der Waals surface area contributed by atoms with Gasteiger partial charge in [-0.3, -0.25) is 0 Å². The Morgan fingerprint density at radius 1 is 1.38 bits per heavy atom. The van der Waals surface area contributed by atoms with E-state index in [1.807, 2.05) is 42.9 Å². The second-order valence-corrected chi connectivity index (χ2v) is 5.61. The Labute approximate surface area is 128 Å². The lowest BCUT2D eigenvalue weighted by Crippen LogP contribution is -2.09. The fourth-order valence-electron chi connectivity index (χ4n) is 2.46. The number of aryl methyl sites for hydroxylation is 1. The maximum absolute atomic E-state index is 6.30. The van der Waals surface area contributed by atoms with E-state index in [0.717, 1.165) is 28.4 Å². The molecular weight excluding hydrogens is 288 g/mol. The second kappa shape index (κ2) is 5.41. The van der Waals surface area contributed by atoms with E-state index in [0.29, 0.717) is 6.54 Å². The highest BCUT2D eigenvalue weighted by atomic mass is 35.5. The van der Waals surface area contributed by atoms with E-state index in [-0.39, 0.29) is 5.38 Å². The smallest absolute Gasteiger partial charge is 0.146 e. The summed E-state index contributed by atoms with van der Waals surface area (Å²) in [5.41, 5.74) is 1.83. The molecule has 1 aromatic carbocycles. The standard InChI is InChI=1S/C15H17ClN4O/c1-10(16)15-18-14-11(5-4-6-12(14)21-3)20(15)9-13-17-7-8-19(13)2/h4-8,10H,9H2,1-3H3. The minimum Gasteiger partial charge on any atom is -0.494 e. The van der Waals surface area contributed by atoms with E-state index in [2.05, 4.69) is 14.5 Å². The number of fused-ring (bicyclic) bond motifs is 1. The van der Waals surface area contributed by atoms with Crippen molar-refractivity contribution in [3.05, 3.63) is 42.2 Å². The highest BCUT2D eigenvalue weighted by molar-refractivity contribution is 6.20. The number of imidazole rings is 2. The van der Waals surface area contributed by atoms with Gasteiger partial charge in [0, 0.05) is 19.4 Å². The number of nitrogens with zero attached hydrogens (tertiary/aromatic N) is 4. The first kappa shape index (κ1) is 13.9. The first-order valence-corrected chi connectivity index (χ1v) is 7.19. The lowest BCUT2D eigenvalue weighted by Gasteiger charge is -2.10. The maximum atomic E-state index is 6.30. The summed E-state index contributed by atoms with van der Waals surface area (Å²) in [4.78, 5) is 9.04. The SMILES string of the molecule is COc1cccc2c1nc(C(C)Cl)n2Cc1nccn1C. The zero-order valence-corrected chi connectivity index (χ0v) is 13.0. The molecule has 0 bridgehead atoms. The van der Waals surface area contributed by atoms with Gasteiger partial charge in [0.15, 0.2) is 0 Å². The molecule has 1 unspecified atom stereocenters. The van der Waals surface area contributed by atoms with E-state index < -0.39 is 0 Å². The third-order valence-corrected chi connectivity index (χ3v) is 3.76. The van der Waals surface area contributed by atoms with Gasteiger partial charge in [-0.15, -0.1) is 11.6 Å². The number of hydrogen-bond donors (Lipinski definition) is 0. The predicted octanol–water partition coefficient (Wildman–Crippen LogP) is 3.13. The van der Waals surface area contributed by atoms with Crippen molar-refractivity contribution < 1.29 is 4.74 Å². The van der Waals surface area contributed by atoms with Crippen molar-refractivity contribution in [2.24, 2.45) is 7.05 Å². The van der Waals surface area contributed by atoms with Gasteiger partial charge in [-0.25, -0.2) is 9.97 Å². The van der Waals surface area contributed by atoms with Crippen LogP contribution < -0.4 is 4.74 Å². The average molecular weight is 305 g/mol. The second-order valence-electron chi connectivity index (χ2n) is 4.95. The molecule has 1 atom stereocenters. The maximum Gasteiger partial charge on any atom is 0.146 e. The first-order valence-electron chi connectivity index (χ1n) is 6.75. The third-order valence-electron chi connectivity index (χ3n) is 3.57. The molecule has 0 amide bonds. The number of alkyl halides is 1. The number of aromatic nitrogens is 4. The fourth-order valence-corrected chi connectivity index (χ4v) is 2.63. The van der Waals surface area contributed by atoms with Crippen LogP contribution in [0.15, 0.2) is 30.6 Å². The van der Waals surface area contributed by atoms with Gasteiger partial charge >= 0.3 is 0 Å². The molecule has 0 radical (unpaired) electrons. The monoisotopic (exact) mass is 304 g/mol. The van der Waals surface area contributed by atoms with Crippen molar-refractivity contribution >= 4 is 22.6 Å². The Balaban J connectivity index is 2.19. The zero-order valence-electron chi connectivity index (χ0n) is 12.2. The molecule has 2 heterocycles. The molecule has 5 nitrogen and oxygen atoms in total. The average Bonchev–Trinajstić information content (AvgIpc) is 3.04. The number of rotatable bonds is 4. The summed E-state index contributed by atoms with van der Waals surface area (Å²) < 4.78 is 9.48. The summed E-state index contributed by atoms with van der Waals surface area (Å²) in [6.45, 7) is 2.55. The highest BCUT2D eigenvalue weighted by Crippen LogP contribution is 2.30. The molecule has 0 N–H and O–H groups in total. The number of methoxy groups -OCH3 is 1. The van der Waals surface area contributed by atoms with Crippen LogP contribution in [0.1, 0.15) is 23.9 Å². The Morgan fingerprint density at radius 3 is 2.81 bits per heavy atom. The van der Waals surface area contributed by atoms with Crippen molar-refractivity contribution in [1.29, 1.82) is 0 Å². The van der Waals surface area contributed by atoms with Gasteiger partial charge in [0.25, 0.3) is 0 Å². The molecule has 110 valence electrons. The molecule has 2 aromatic heterocycles. The van der Waals surface area contributed by atoms with Crippen molar-refractivity contribution in [1.82, 2.24) is 19.1 Å². The van der Waals surface area contributed by atoms with Gasteiger partial charge in [0.05, 0.1) is 24.5 Å². The summed E-state index contributed by atoms with van der Waals surface area (Å²) in [5, 5.41) is -0.192. The van der Waals surface area contributed by atoms with Crippen molar-refractivity contribution in [3.63, 3.8) is 0 Å². The van der Waals surface area contributed by atoms with E-state index in [4.69, 9.17) is 16.3 Å². The van der Waals surface area contributed by atoms with Crippen molar-refractivity contribution in [2.75, 3.05) is 7.11 Å². The summed E-state index contributed by atoms with van der Waals surface area (Å²) in [5.74, 6) is 2.53. The van der Waals surface area contributed by atoms with E-state index in [1.165, 1.54) is 0 Å². The summed E-state index contributed by atoms with van der Waals surface area (Å²) in [7, 11) is 3.63. The molecular formula is C15H17ClN4O. The fraction of sp³-hybridized carbons (Fsp3) is 0.333. The van der Waals surface area contributed by atoms with Crippen LogP contribution in [-0.2, 0) is 13.6 Å². The van der Waals surface area contributed by atoms with Crippen molar-refractivity contribution in [3.8, 4) is 5.75 Å². The molecule has 3 aromatic rings. The van der Waals surface area contributed by atoms with Gasteiger partial charge in [0.1, 0.15) is 22.9 Å². The number of hydrogen-bond acceptors (Lipinski definition) is 3. The Hall–Kier alpha value is -2.01. The largest absolute Gasteiger partial charge is 0.494 e. The molecule has 0 aliphatic carbocycles. The molecule has 0 aliphatic heterocycles. The molecule has 21 heavy (non-hydrogen) atoms. The minimum absolute atomic E-state index is 0.192. The van der Waals surface area contributed by atoms with Crippen LogP contribution in [0, 0.1) is 0 Å². The van der Waals surface area contributed by atoms with E-state index >= 15 is 0 Å². The van der Waals surface area contributed by atoms with Crippen LogP contribution in [0.2, 0.25) is 0 Å². The Bertz CT molecular complexity index is 775. The van der Waals surface area contributed by atoms with Crippen molar-refractivity contribution in [2.45, 2.75) is 18.8 Å². The van der Waals surface area contributed by atoms with Gasteiger partial charge < -0.3 is 13.9 Å². The Kier molecular flexibility index (Phi) is 3.59.